The van der Waals surface area contributed by atoms with Gasteiger partial charge in [0, 0.05) is 6.20 Å². The molecule has 21 heavy (non-hydrogen) atoms. The predicted molar refractivity (Wildman–Crippen MR) is 69.5 cm³/mol. The Morgan fingerprint density at radius 2 is 2.29 bits per heavy atom. The summed E-state index contributed by atoms with van der Waals surface area (Å²) < 4.78 is 6.80. The van der Waals surface area contributed by atoms with Crippen molar-refractivity contribution in [3.05, 3.63) is 18.6 Å². The summed E-state index contributed by atoms with van der Waals surface area (Å²) in [6.07, 6.45) is -1.07. The van der Waals surface area contributed by atoms with Gasteiger partial charge in [-0.1, -0.05) is 0 Å². The van der Waals surface area contributed by atoms with Crippen LogP contribution >= 0.6 is 0 Å². The highest BCUT2D eigenvalue weighted by Crippen LogP contribution is 2.39. The molecule has 0 amide bonds. The van der Waals surface area contributed by atoms with Crippen LogP contribution in [-0.4, -0.2) is 54.3 Å². The van der Waals surface area contributed by atoms with Gasteiger partial charge < -0.3 is 30.4 Å². The molecular weight excluding hydrogens is 278 g/mol. The third-order valence-corrected chi connectivity index (χ3v) is 3.64. The van der Waals surface area contributed by atoms with Gasteiger partial charge in [0.1, 0.15) is 36.1 Å². The van der Waals surface area contributed by atoms with Crippen molar-refractivity contribution in [3.8, 4) is 6.07 Å². The number of nitrogens with two attached hydrogens (primary N) is 1. The van der Waals surface area contributed by atoms with Crippen LogP contribution in [0.5, 0.6) is 0 Å². The SMILES string of the molecule is N#C[C@@]1(O)[C@H](O)[C@@H](CO)O[C@H]1n1ccc2c(N)ncnc21. The van der Waals surface area contributed by atoms with Gasteiger partial charge in [0.05, 0.1) is 12.0 Å². The predicted octanol–water partition coefficient (Wildman–Crippen LogP) is -1.48. The number of nitrogens with zero attached hydrogens (tertiary/aromatic N) is 4. The molecule has 1 saturated heterocycles. The molecule has 110 valence electrons. The molecule has 0 bridgehead atoms. The minimum Gasteiger partial charge on any atom is -0.394 e. The Kier molecular flexibility index (Phi) is 3.03. The molecule has 0 aromatic carbocycles. The standard InChI is InChI=1S/C12H13N5O4/c13-4-12(20)8(19)7(3-18)21-11(12)17-2-1-6-9(14)15-5-16-10(6)17/h1-2,5,7-8,11,18-20H,3H2,(H2,14,15,16)/t7-,8-,11-,12-/m1/s1. The van der Waals surface area contributed by atoms with Crippen molar-refractivity contribution in [3.63, 3.8) is 0 Å². The first-order valence-electron chi connectivity index (χ1n) is 6.18. The van der Waals surface area contributed by atoms with Gasteiger partial charge in [-0.25, -0.2) is 9.97 Å². The van der Waals surface area contributed by atoms with Crippen molar-refractivity contribution in [2.45, 2.75) is 24.0 Å². The van der Waals surface area contributed by atoms with E-state index in [-0.39, 0.29) is 5.82 Å². The number of aliphatic hydroxyl groups is 3. The maximum Gasteiger partial charge on any atom is 0.225 e. The van der Waals surface area contributed by atoms with Crippen LogP contribution in [0.4, 0.5) is 5.82 Å². The van der Waals surface area contributed by atoms with Crippen LogP contribution < -0.4 is 5.73 Å². The van der Waals surface area contributed by atoms with E-state index in [0.717, 1.165) is 0 Å². The number of hydrogen-bond acceptors (Lipinski definition) is 8. The molecule has 2 aromatic heterocycles. The Morgan fingerprint density at radius 3 is 2.95 bits per heavy atom. The number of aromatic nitrogens is 3. The molecule has 1 fully saturated rings. The first-order valence-corrected chi connectivity index (χ1v) is 6.18. The Labute approximate surface area is 118 Å². The van der Waals surface area contributed by atoms with Crippen LogP contribution in [0.3, 0.4) is 0 Å². The van der Waals surface area contributed by atoms with Crippen LogP contribution in [0.25, 0.3) is 11.0 Å². The number of hydrogen-bond donors (Lipinski definition) is 4. The van der Waals surface area contributed by atoms with E-state index in [1.165, 1.54) is 17.1 Å². The lowest BCUT2D eigenvalue weighted by Gasteiger charge is -2.24. The molecule has 0 aliphatic carbocycles. The zero-order valence-corrected chi connectivity index (χ0v) is 10.8. The summed E-state index contributed by atoms with van der Waals surface area (Å²) in [7, 11) is 0. The van der Waals surface area contributed by atoms with Crippen LogP contribution in [0.1, 0.15) is 6.23 Å². The van der Waals surface area contributed by atoms with Crippen LogP contribution in [0.2, 0.25) is 0 Å². The van der Waals surface area contributed by atoms with Crippen LogP contribution in [-0.2, 0) is 4.74 Å². The lowest BCUT2D eigenvalue weighted by atomic mass is 9.96. The molecule has 3 heterocycles. The lowest BCUT2D eigenvalue weighted by Crippen LogP contribution is -2.45. The number of fused-ring (bicyclic) bond motifs is 1. The second-order valence-electron chi connectivity index (χ2n) is 4.81. The summed E-state index contributed by atoms with van der Waals surface area (Å²) in [6.45, 7) is -0.530. The fourth-order valence-corrected chi connectivity index (χ4v) is 2.49. The summed E-state index contributed by atoms with van der Waals surface area (Å²) in [5.74, 6) is 0.247. The first kappa shape index (κ1) is 13.7. The highest BCUT2D eigenvalue weighted by atomic mass is 16.6. The third-order valence-electron chi connectivity index (χ3n) is 3.64. The van der Waals surface area contributed by atoms with Gasteiger partial charge in [-0.2, -0.15) is 5.26 Å². The summed E-state index contributed by atoms with van der Waals surface area (Å²) in [5.41, 5.74) is 3.87. The number of rotatable bonds is 2. The topological polar surface area (TPSA) is 150 Å². The quantitative estimate of drug-likeness (QED) is 0.489. The first-order chi connectivity index (χ1) is 10.0. The van der Waals surface area contributed by atoms with E-state index in [0.29, 0.717) is 11.0 Å². The molecule has 4 atom stereocenters. The van der Waals surface area contributed by atoms with E-state index < -0.39 is 30.6 Å². The van der Waals surface area contributed by atoms with Crippen molar-refractivity contribution >= 4 is 16.9 Å². The molecule has 0 spiro atoms. The number of aliphatic hydroxyl groups excluding tert-OH is 2. The maximum atomic E-state index is 10.4. The van der Waals surface area contributed by atoms with Gasteiger partial charge in [-0.05, 0) is 6.07 Å². The Bertz CT molecular complexity index is 726. The molecule has 0 unspecified atom stereocenters. The number of anilines is 1. The van der Waals surface area contributed by atoms with E-state index in [9.17, 15) is 20.6 Å². The van der Waals surface area contributed by atoms with Crippen molar-refractivity contribution in [1.29, 1.82) is 5.26 Å². The molecule has 2 aromatic rings. The molecule has 3 rings (SSSR count). The van der Waals surface area contributed by atoms with E-state index in [1.54, 1.807) is 12.1 Å². The Morgan fingerprint density at radius 1 is 1.52 bits per heavy atom. The average Bonchev–Trinajstić information content (AvgIpc) is 3.01. The van der Waals surface area contributed by atoms with Gasteiger partial charge >= 0.3 is 0 Å². The van der Waals surface area contributed by atoms with Gasteiger partial charge in [0.25, 0.3) is 0 Å². The molecule has 9 nitrogen and oxygen atoms in total. The van der Waals surface area contributed by atoms with Crippen molar-refractivity contribution < 1.29 is 20.1 Å². The molecule has 9 heteroatoms. The van der Waals surface area contributed by atoms with E-state index in [2.05, 4.69) is 9.97 Å². The summed E-state index contributed by atoms with van der Waals surface area (Å²) in [4.78, 5) is 7.90. The molecule has 1 aliphatic heterocycles. The van der Waals surface area contributed by atoms with Gasteiger partial charge in [0.2, 0.25) is 5.60 Å². The molecule has 0 saturated carbocycles. The van der Waals surface area contributed by atoms with Gasteiger partial charge in [0.15, 0.2) is 6.23 Å². The van der Waals surface area contributed by atoms with Crippen LogP contribution in [0, 0.1) is 11.3 Å². The maximum absolute atomic E-state index is 10.4. The summed E-state index contributed by atoms with van der Waals surface area (Å²) in [6, 6.07) is 3.26. The molecular formula is C12H13N5O4. The zero-order chi connectivity index (χ0) is 15.2. The Balaban J connectivity index is 2.14. The van der Waals surface area contributed by atoms with E-state index >= 15 is 0 Å². The van der Waals surface area contributed by atoms with Gasteiger partial charge in [-0.15, -0.1) is 0 Å². The van der Waals surface area contributed by atoms with Crippen molar-refractivity contribution in [2.24, 2.45) is 0 Å². The van der Waals surface area contributed by atoms with Crippen LogP contribution in [0.15, 0.2) is 18.6 Å². The largest absolute Gasteiger partial charge is 0.394 e. The fourth-order valence-electron chi connectivity index (χ4n) is 2.49. The van der Waals surface area contributed by atoms with Crippen molar-refractivity contribution in [2.75, 3.05) is 12.3 Å². The summed E-state index contributed by atoms with van der Waals surface area (Å²) in [5, 5.41) is 39.3. The molecule has 1 aliphatic rings. The van der Waals surface area contributed by atoms with E-state index in [4.69, 9.17) is 10.5 Å². The monoisotopic (exact) mass is 291 g/mol. The minimum absolute atomic E-state index is 0.247. The normalized spacial score (nSPS) is 32.4. The highest BCUT2D eigenvalue weighted by molar-refractivity contribution is 5.86. The summed E-state index contributed by atoms with van der Waals surface area (Å²) >= 11 is 0. The molecule has 5 N–H and O–H groups in total. The number of nitriles is 1. The lowest BCUT2D eigenvalue weighted by molar-refractivity contribution is -0.0728. The van der Waals surface area contributed by atoms with Crippen molar-refractivity contribution in [1.82, 2.24) is 14.5 Å². The molecule has 0 radical (unpaired) electrons. The Hall–Kier alpha value is -2.25. The third kappa shape index (κ3) is 1.78. The average molecular weight is 291 g/mol. The highest BCUT2D eigenvalue weighted by Gasteiger charge is 2.57. The number of nitrogen functional groups attached to an aromatic ring is 1. The second kappa shape index (κ2) is 4.64. The smallest absolute Gasteiger partial charge is 0.225 e. The fraction of sp³-hybridized carbons (Fsp3) is 0.417. The van der Waals surface area contributed by atoms with E-state index in [1.807, 2.05) is 0 Å². The zero-order valence-electron chi connectivity index (χ0n) is 10.8. The van der Waals surface area contributed by atoms with Gasteiger partial charge in [-0.3, -0.25) is 0 Å². The minimum atomic E-state index is -2.21. The number of ether oxygens (including phenoxy) is 1. The second-order valence-corrected chi connectivity index (χ2v) is 4.81.